The fourth-order valence-corrected chi connectivity index (χ4v) is 3.90. The Hall–Kier alpha value is -0.660. The van der Waals surface area contributed by atoms with Crippen LogP contribution in [0.3, 0.4) is 0 Å². The smallest absolute Gasteiger partial charge is 0.220 e. The number of hydrogen-bond donors (Lipinski definition) is 2. The average Bonchev–Trinajstić information content (AvgIpc) is 2.68. The summed E-state index contributed by atoms with van der Waals surface area (Å²) in [5, 5.41) is 6.28. The Kier molecular flexibility index (Phi) is 5.04. The molecular formula is C13H25N3O3S. The van der Waals surface area contributed by atoms with E-state index in [1.807, 2.05) is 0 Å². The third-order valence-electron chi connectivity index (χ3n) is 4.28. The minimum Gasteiger partial charge on any atom is -0.355 e. The maximum Gasteiger partial charge on any atom is 0.220 e. The average molecular weight is 303 g/mol. The molecule has 2 unspecified atom stereocenters. The van der Waals surface area contributed by atoms with E-state index in [1.54, 1.807) is 0 Å². The first-order chi connectivity index (χ1) is 9.37. The van der Waals surface area contributed by atoms with Crippen LogP contribution in [-0.4, -0.2) is 57.1 Å². The normalized spacial score (nSPS) is 29.6. The number of nitrogens with zero attached hydrogens (tertiary/aromatic N) is 1. The lowest BCUT2D eigenvalue weighted by atomic mass is 9.89. The summed E-state index contributed by atoms with van der Waals surface area (Å²) in [7, 11) is -0.222. The second kappa shape index (κ2) is 6.41. The lowest BCUT2D eigenvalue weighted by molar-refractivity contribution is -0.122. The van der Waals surface area contributed by atoms with E-state index in [2.05, 4.69) is 10.6 Å². The molecule has 0 saturated carbocycles. The number of amides is 1. The van der Waals surface area contributed by atoms with Crippen molar-refractivity contribution < 1.29 is 13.2 Å². The SMILES string of the molecule is CN(C)S(=O)(=O)CCNC(=O)CC1CC2CCC(C1)N2. The summed E-state index contributed by atoms with van der Waals surface area (Å²) in [5.41, 5.74) is 0. The predicted octanol–water partition coefficient (Wildman–Crippen LogP) is -0.0853. The Morgan fingerprint density at radius 3 is 2.40 bits per heavy atom. The highest BCUT2D eigenvalue weighted by atomic mass is 32.2. The van der Waals surface area contributed by atoms with Gasteiger partial charge in [0.05, 0.1) is 5.75 Å². The molecule has 0 aromatic carbocycles. The molecule has 2 aliphatic rings. The van der Waals surface area contributed by atoms with E-state index in [0.29, 0.717) is 24.4 Å². The van der Waals surface area contributed by atoms with Crippen molar-refractivity contribution in [2.24, 2.45) is 5.92 Å². The van der Waals surface area contributed by atoms with Crippen molar-refractivity contribution >= 4 is 15.9 Å². The van der Waals surface area contributed by atoms with E-state index in [0.717, 1.165) is 12.8 Å². The fourth-order valence-electron chi connectivity index (χ4n) is 3.18. The molecule has 2 rings (SSSR count). The number of sulfonamides is 1. The number of rotatable bonds is 6. The van der Waals surface area contributed by atoms with Crippen LogP contribution in [0.25, 0.3) is 0 Å². The third kappa shape index (κ3) is 4.17. The van der Waals surface area contributed by atoms with Crippen molar-refractivity contribution in [2.45, 2.75) is 44.2 Å². The van der Waals surface area contributed by atoms with Crippen LogP contribution >= 0.6 is 0 Å². The molecule has 0 aromatic heterocycles. The number of fused-ring (bicyclic) bond motifs is 2. The molecule has 2 N–H and O–H groups in total. The maximum atomic E-state index is 11.9. The summed E-state index contributed by atoms with van der Waals surface area (Å²) in [5.74, 6) is 0.382. The molecule has 2 aliphatic heterocycles. The molecule has 116 valence electrons. The predicted molar refractivity (Wildman–Crippen MR) is 77.8 cm³/mol. The van der Waals surface area contributed by atoms with Crippen LogP contribution in [0.15, 0.2) is 0 Å². The van der Waals surface area contributed by atoms with Crippen molar-refractivity contribution in [1.29, 1.82) is 0 Å². The van der Waals surface area contributed by atoms with Gasteiger partial charge in [-0.05, 0) is 31.6 Å². The molecule has 0 aromatic rings. The zero-order valence-electron chi connectivity index (χ0n) is 12.3. The summed E-state index contributed by atoms with van der Waals surface area (Å²) < 4.78 is 24.3. The molecule has 2 saturated heterocycles. The summed E-state index contributed by atoms with van der Waals surface area (Å²) >= 11 is 0. The van der Waals surface area contributed by atoms with Crippen molar-refractivity contribution in [3.63, 3.8) is 0 Å². The maximum absolute atomic E-state index is 11.9. The highest BCUT2D eigenvalue weighted by Crippen LogP contribution is 2.32. The molecule has 20 heavy (non-hydrogen) atoms. The Balaban J connectivity index is 1.68. The van der Waals surface area contributed by atoms with Gasteiger partial charge >= 0.3 is 0 Å². The van der Waals surface area contributed by atoms with Gasteiger partial charge in [0.25, 0.3) is 0 Å². The van der Waals surface area contributed by atoms with Gasteiger partial charge in [-0.2, -0.15) is 0 Å². The van der Waals surface area contributed by atoms with Gasteiger partial charge in [-0.3, -0.25) is 4.79 Å². The van der Waals surface area contributed by atoms with Gasteiger partial charge in [0.15, 0.2) is 0 Å². The molecular weight excluding hydrogens is 278 g/mol. The summed E-state index contributed by atoms with van der Waals surface area (Å²) in [4.78, 5) is 11.9. The molecule has 0 spiro atoms. The van der Waals surface area contributed by atoms with Crippen LogP contribution in [0.1, 0.15) is 32.1 Å². The lowest BCUT2D eigenvalue weighted by Crippen LogP contribution is -2.40. The molecule has 6 nitrogen and oxygen atoms in total. The topological polar surface area (TPSA) is 78.5 Å². The monoisotopic (exact) mass is 303 g/mol. The van der Waals surface area contributed by atoms with E-state index in [4.69, 9.17) is 0 Å². The second-order valence-electron chi connectivity index (χ2n) is 6.13. The van der Waals surface area contributed by atoms with E-state index >= 15 is 0 Å². The molecule has 2 atom stereocenters. The minimum atomic E-state index is -3.23. The molecule has 0 radical (unpaired) electrons. The molecule has 2 fully saturated rings. The van der Waals surface area contributed by atoms with E-state index in [-0.39, 0.29) is 18.2 Å². The molecule has 2 bridgehead atoms. The first kappa shape index (κ1) is 15.7. The van der Waals surface area contributed by atoms with E-state index in [1.165, 1.54) is 31.2 Å². The number of piperidine rings is 1. The largest absolute Gasteiger partial charge is 0.355 e. The quantitative estimate of drug-likeness (QED) is 0.719. The molecule has 2 heterocycles. The highest BCUT2D eigenvalue weighted by Gasteiger charge is 2.34. The highest BCUT2D eigenvalue weighted by molar-refractivity contribution is 7.89. The van der Waals surface area contributed by atoms with Crippen LogP contribution in [0.4, 0.5) is 0 Å². The van der Waals surface area contributed by atoms with Gasteiger partial charge in [-0.25, -0.2) is 12.7 Å². The first-order valence-corrected chi connectivity index (χ1v) is 8.90. The first-order valence-electron chi connectivity index (χ1n) is 7.30. The van der Waals surface area contributed by atoms with Gasteiger partial charge in [-0.1, -0.05) is 0 Å². The Labute approximate surface area is 121 Å². The number of nitrogens with one attached hydrogen (secondary N) is 2. The lowest BCUT2D eigenvalue weighted by Gasteiger charge is -2.28. The standard InChI is InChI=1S/C13H25N3O3S/c1-16(2)20(18,19)6-5-14-13(17)9-10-7-11-3-4-12(8-10)15-11/h10-12,15H,3-9H2,1-2H3,(H,14,17). The van der Waals surface area contributed by atoms with Crippen LogP contribution in [0.2, 0.25) is 0 Å². The van der Waals surface area contributed by atoms with Crippen molar-refractivity contribution in [3.05, 3.63) is 0 Å². The van der Waals surface area contributed by atoms with Gasteiger partial charge in [0.2, 0.25) is 15.9 Å². The van der Waals surface area contributed by atoms with Gasteiger partial charge in [0, 0.05) is 39.1 Å². The summed E-state index contributed by atoms with van der Waals surface area (Å²) in [6, 6.07) is 1.17. The zero-order chi connectivity index (χ0) is 14.8. The third-order valence-corrected chi connectivity index (χ3v) is 6.12. The van der Waals surface area contributed by atoms with Crippen LogP contribution in [0, 0.1) is 5.92 Å². The second-order valence-corrected chi connectivity index (χ2v) is 8.43. The number of hydrogen-bond acceptors (Lipinski definition) is 4. The van der Waals surface area contributed by atoms with Crippen LogP contribution in [0.5, 0.6) is 0 Å². The van der Waals surface area contributed by atoms with Gasteiger partial charge in [0.1, 0.15) is 0 Å². The van der Waals surface area contributed by atoms with Crippen LogP contribution < -0.4 is 10.6 Å². The number of carbonyl (C=O) groups is 1. The minimum absolute atomic E-state index is 0.0229. The van der Waals surface area contributed by atoms with E-state index < -0.39 is 10.0 Å². The van der Waals surface area contributed by atoms with Crippen molar-refractivity contribution in [3.8, 4) is 0 Å². The van der Waals surface area contributed by atoms with E-state index in [9.17, 15) is 13.2 Å². The fraction of sp³-hybridized carbons (Fsp3) is 0.923. The Morgan fingerprint density at radius 1 is 1.25 bits per heavy atom. The van der Waals surface area contributed by atoms with Gasteiger partial charge < -0.3 is 10.6 Å². The molecule has 7 heteroatoms. The van der Waals surface area contributed by atoms with Crippen molar-refractivity contribution in [1.82, 2.24) is 14.9 Å². The van der Waals surface area contributed by atoms with Crippen molar-refractivity contribution in [2.75, 3.05) is 26.4 Å². The summed E-state index contributed by atoms with van der Waals surface area (Å²) in [6.45, 7) is 0.192. The molecule has 1 amide bonds. The summed E-state index contributed by atoms with van der Waals surface area (Å²) in [6.07, 6.45) is 5.12. The van der Waals surface area contributed by atoms with Crippen LogP contribution in [-0.2, 0) is 14.8 Å². The Bertz CT molecular complexity index is 438. The van der Waals surface area contributed by atoms with Gasteiger partial charge in [-0.15, -0.1) is 0 Å². The molecule has 0 aliphatic carbocycles. The number of carbonyl (C=O) groups excluding carboxylic acids is 1. The zero-order valence-corrected chi connectivity index (χ0v) is 13.1. The Morgan fingerprint density at radius 2 is 1.85 bits per heavy atom.